The van der Waals surface area contributed by atoms with Crippen LogP contribution in [0, 0.1) is 0 Å². The molecule has 2 fully saturated rings. The number of anilines is 2. The van der Waals surface area contributed by atoms with Crippen LogP contribution in [-0.2, 0) is 17.8 Å². The normalized spacial score (nSPS) is 14.0. The van der Waals surface area contributed by atoms with Crippen LogP contribution in [0.2, 0.25) is 0 Å². The maximum Gasteiger partial charge on any atom is 0.339 e. The standard InChI is InChI=1S/C20H24N4O2.C20H23N3O3/c21-13-19(25)16-9-10-17(22-14-16)15-24(18-7-3-1-4-8-18)20(26)23-11-5-2-6-12-23;1-26-19(24)16-10-11-17(21-14-16)15-23(18-8-4-2-5-9-18)20(25)22-12-6-3-7-13-22/h1,3-4,7-10,14H,2,5-6,11-13,15,21H2;2,4-5,8-11,14H,3,6-7,12-13,15H2,1H3. The number of carbonyl (C=O) groups is 4. The molecule has 0 bridgehead atoms. The first kappa shape index (κ1) is 37.6. The van der Waals surface area contributed by atoms with Crippen molar-refractivity contribution in [3.63, 3.8) is 0 Å². The van der Waals surface area contributed by atoms with Crippen LogP contribution in [0.4, 0.5) is 21.0 Å². The maximum absolute atomic E-state index is 13.1. The lowest BCUT2D eigenvalue weighted by molar-refractivity contribution is 0.0600. The Balaban J connectivity index is 0.000000201. The third-order valence-electron chi connectivity index (χ3n) is 9.07. The van der Waals surface area contributed by atoms with E-state index in [9.17, 15) is 19.2 Å². The zero-order valence-electron chi connectivity index (χ0n) is 29.7. The van der Waals surface area contributed by atoms with Gasteiger partial charge in [-0.15, -0.1) is 0 Å². The van der Waals surface area contributed by atoms with Crippen LogP contribution in [0.25, 0.3) is 0 Å². The van der Waals surface area contributed by atoms with Crippen LogP contribution < -0.4 is 15.5 Å². The predicted octanol–water partition coefficient (Wildman–Crippen LogP) is 6.32. The number of aromatic nitrogens is 2. The number of nitrogens with two attached hydrogens (primary N) is 1. The molecule has 2 aromatic carbocycles. The fraction of sp³-hybridized carbons (Fsp3) is 0.350. The summed E-state index contributed by atoms with van der Waals surface area (Å²) < 4.78 is 4.69. The molecule has 12 nitrogen and oxygen atoms in total. The van der Waals surface area contributed by atoms with E-state index in [0.717, 1.165) is 68.9 Å². The summed E-state index contributed by atoms with van der Waals surface area (Å²) in [6.45, 7) is 3.83. The highest BCUT2D eigenvalue weighted by molar-refractivity contribution is 5.97. The highest BCUT2D eigenvalue weighted by atomic mass is 16.5. The fourth-order valence-corrected chi connectivity index (χ4v) is 6.15. The SMILES string of the molecule is COC(=O)c1ccc(CN(C(=O)N2CCCCC2)c2ccccc2)nc1.NCC(=O)c1ccc(CN(C(=O)N2CCCCC2)c2ccccc2)nc1. The molecule has 2 aromatic heterocycles. The number of rotatable bonds is 9. The molecule has 0 aliphatic carbocycles. The summed E-state index contributed by atoms with van der Waals surface area (Å²) in [7, 11) is 1.34. The molecule has 12 heteroatoms. The smallest absolute Gasteiger partial charge is 0.339 e. The average molecular weight is 706 g/mol. The molecule has 4 aromatic rings. The Hall–Kier alpha value is -5.62. The Bertz CT molecular complexity index is 1610. The van der Waals surface area contributed by atoms with E-state index in [0.29, 0.717) is 29.9 Å². The van der Waals surface area contributed by atoms with E-state index in [1.165, 1.54) is 32.3 Å². The first-order chi connectivity index (χ1) is 25.4. The van der Waals surface area contributed by atoms with Gasteiger partial charge in [0.05, 0.1) is 43.7 Å². The molecule has 2 aliphatic rings. The number of pyridine rings is 2. The molecule has 0 spiro atoms. The highest BCUT2D eigenvalue weighted by Gasteiger charge is 2.26. The molecule has 6 rings (SSSR count). The average Bonchev–Trinajstić information content (AvgIpc) is 3.22. The van der Waals surface area contributed by atoms with E-state index in [1.54, 1.807) is 34.1 Å². The van der Waals surface area contributed by atoms with Gasteiger partial charge in [-0.05, 0) is 87.1 Å². The van der Waals surface area contributed by atoms with Crippen LogP contribution in [0.15, 0.2) is 97.3 Å². The molecule has 0 atom stereocenters. The number of benzene rings is 2. The number of piperidine rings is 2. The van der Waals surface area contributed by atoms with Crippen LogP contribution >= 0.6 is 0 Å². The van der Waals surface area contributed by atoms with Gasteiger partial charge in [-0.25, -0.2) is 14.4 Å². The molecule has 2 aliphatic heterocycles. The lowest BCUT2D eigenvalue weighted by Gasteiger charge is -2.33. The van der Waals surface area contributed by atoms with E-state index in [2.05, 4.69) is 9.97 Å². The van der Waals surface area contributed by atoms with Crippen molar-refractivity contribution >= 4 is 35.2 Å². The quantitative estimate of drug-likeness (QED) is 0.158. The van der Waals surface area contributed by atoms with Crippen LogP contribution in [0.5, 0.6) is 0 Å². The Kier molecular flexibility index (Phi) is 13.8. The van der Waals surface area contributed by atoms with Gasteiger partial charge in [-0.3, -0.25) is 24.6 Å². The molecule has 0 saturated carbocycles. The van der Waals surface area contributed by atoms with E-state index in [-0.39, 0.29) is 24.4 Å². The predicted molar refractivity (Wildman–Crippen MR) is 200 cm³/mol. The third-order valence-corrected chi connectivity index (χ3v) is 9.07. The minimum Gasteiger partial charge on any atom is -0.465 e. The topological polar surface area (TPSA) is 142 Å². The molecule has 4 amide bonds. The molecule has 272 valence electrons. The summed E-state index contributed by atoms with van der Waals surface area (Å²) in [5.41, 5.74) is 9.39. The zero-order chi connectivity index (χ0) is 36.7. The second kappa shape index (κ2) is 19.1. The van der Waals surface area contributed by atoms with Gasteiger partial charge < -0.3 is 20.3 Å². The molecule has 0 unspecified atom stereocenters. The number of nitrogens with zero attached hydrogens (tertiary/aromatic N) is 6. The maximum atomic E-state index is 13.1. The van der Waals surface area contributed by atoms with Gasteiger partial charge in [0.25, 0.3) is 0 Å². The van der Waals surface area contributed by atoms with Crippen molar-refractivity contribution in [1.29, 1.82) is 0 Å². The molecule has 52 heavy (non-hydrogen) atoms. The Morgan fingerprint density at radius 1 is 0.615 bits per heavy atom. The van der Waals surface area contributed by atoms with Gasteiger partial charge >= 0.3 is 18.0 Å². The summed E-state index contributed by atoms with van der Waals surface area (Å²) >= 11 is 0. The molecule has 2 N–H and O–H groups in total. The number of Topliss-reactive ketones (excluding diaryl/α,β-unsaturated/α-hetero) is 1. The van der Waals surface area contributed by atoms with Crippen molar-refractivity contribution in [2.75, 3.05) is 49.6 Å². The molecule has 2 saturated heterocycles. The largest absolute Gasteiger partial charge is 0.465 e. The minimum atomic E-state index is -0.423. The number of ether oxygens (including phenoxy) is 1. The van der Waals surface area contributed by atoms with E-state index >= 15 is 0 Å². The molecule has 4 heterocycles. The van der Waals surface area contributed by atoms with Gasteiger partial charge in [0.2, 0.25) is 0 Å². The Labute approximate surface area is 305 Å². The zero-order valence-corrected chi connectivity index (χ0v) is 29.7. The van der Waals surface area contributed by atoms with Crippen LogP contribution in [-0.4, -0.2) is 83.4 Å². The lowest BCUT2D eigenvalue weighted by atomic mass is 10.1. The molecular formula is C40H47N7O5. The van der Waals surface area contributed by atoms with Crippen molar-refractivity contribution in [1.82, 2.24) is 19.8 Å². The summed E-state index contributed by atoms with van der Waals surface area (Å²) in [4.78, 5) is 65.3. The van der Waals surface area contributed by atoms with Gasteiger partial charge in [0, 0.05) is 55.5 Å². The van der Waals surface area contributed by atoms with Crippen molar-refractivity contribution in [3.05, 3.63) is 120 Å². The van der Waals surface area contributed by atoms with Gasteiger partial charge in [0.1, 0.15) is 0 Å². The van der Waals surface area contributed by atoms with Gasteiger partial charge in [0.15, 0.2) is 5.78 Å². The number of likely N-dealkylation sites (tertiary alicyclic amines) is 2. The first-order valence-electron chi connectivity index (χ1n) is 17.8. The number of hydrogen-bond acceptors (Lipinski definition) is 8. The number of esters is 1. The minimum absolute atomic E-state index is 0.000175. The molecule has 0 radical (unpaired) electrons. The molecular weight excluding hydrogens is 658 g/mol. The van der Waals surface area contributed by atoms with Crippen molar-refractivity contribution in [2.24, 2.45) is 5.73 Å². The number of urea groups is 2. The first-order valence-corrected chi connectivity index (χ1v) is 17.8. The van der Waals surface area contributed by atoms with Gasteiger partial charge in [-0.2, -0.15) is 0 Å². The highest BCUT2D eigenvalue weighted by Crippen LogP contribution is 2.22. The Morgan fingerprint density at radius 3 is 1.40 bits per heavy atom. The van der Waals surface area contributed by atoms with Crippen molar-refractivity contribution in [2.45, 2.75) is 51.6 Å². The van der Waals surface area contributed by atoms with Crippen molar-refractivity contribution in [3.8, 4) is 0 Å². The second-order valence-electron chi connectivity index (χ2n) is 12.7. The van der Waals surface area contributed by atoms with Crippen molar-refractivity contribution < 1.29 is 23.9 Å². The lowest BCUT2D eigenvalue weighted by Crippen LogP contribution is -2.45. The number of para-hydroxylation sites is 2. The van der Waals surface area contributed by atoms with Crippen LogP contribution in [0.3, 0.4) is 0 Å². The van der Waals surface area contributed by atoms with Crippen LogP contribution in [0.1, 0.15) is 70.6 Å². The number of amides is 4. The summed E-state index contributed by atoms with van der Waals surface area (Å²) in [6.07, 6.45) is 9.53. The van der Waals surface area contributed by atoms with E-state index in [1.807, 2.05) is 70.5 Å². The third kappa shape index (κ3) is 10.2. The number of hydrogen-bond donors (Lipinski definition) is 1. The van der Waals surface area contributed by atoms with E-state index in [4.69, 9.17) is 10.5 Å². The number of carbonyl (C=O) groups excluding carboxylic acids is 4. The summed E-state index contributed by atoms with van der Waals surface area (Å²) in [5.74, 6) is -0.568. The summed E-state index contributed by atoms with van der Waals surface area (Å²) in [5, 5.41) is 0. The van der Waals surface area contributed by atoms with Gasteiger partial charge in [-0.1, -0.05) is 36.4 Å². The Morgan fingerprint density at radius 2 is 1.04 bits per heavy atom. The fourth-order valence-electron chi connectivity index (χ4n) is 6.15. The second-order valence-corrected chi connectivity index (χ2v) is 12.7. The number of ketones is 1. The summed E-state index contributed by atoms with van der Waals surface area (Å²) in [6, 6.07) is 26.1. The van der Waals surface area contributed by atoms with E-state index < -0.39 is 5.97 Å². The number of methoxy groups -OCH3 is 1. The monoisotopic (exact) mass is 705 g/mol.